The van der Waals surface area contributed by atoms with E-state index in [-0.39, 0.29) is 12.7 Å². The van der Waals surface area contributed by atoms with Gasteiger partial charge >= 0.3 is 6.03 Å². The first-order valence-electron chi connectivity index (χ1n) is 6.17. The van der Waals surface area contributed by atoms with E-state index in [1.54, 1.807) is 18.5 Å². The van der Waals surface area contributed by atoms with Crippen LogP contribution < -0.4 is 15.4 Å². The number of aryl methyl sites for hydroxylation is 2. The lowest BCUT2D eigenvalue weighted by Gasteiger charge is -2.10. The number of amides is 2. The zero-order chi connectivity index (χ0) is 14.4. The van der Waals surface area contributed by atoms with E-state index in [4.69, 9.17) is 4.74 Å². The molecule has 1 aromatic heterocycles. The van der Waals surface area contributed by atoms with Gasteiger partial charge in [-0.2, -0.15) is 0 Å². The van der Waals surface area contributed by atoms with E-state index >= 15 is 0 Å². The van der Waals surface area contributed by atoms with Gasteiger partial charge in [0, 0.05) is 12.4 Å². The molecule has 0 fully saturated rings. The first kappa shape index (κ1) is 13.8. The van der Waals surface area contributed by atoms with Crippen molar-refractivity contribution in [2.45, 2.75) is 13.8 Å². The zero-order valence-electron chi connectivity index (χ0n) is 11.4. The summed E-state index contributed by atoms with van der Waals surface area (Å²) in [6, 6.07) is 7.12. The quantitative estimate of drug-likeness (QED) is 0.837. The number of carbonyl (C=O) groups is 1. The Morgan fingerprint density at radius 2 is 2.00 bits per heavy atom. The normalized spacial score (nSPS) is 9.90. The SMILES string of the molecule is Cc1ccc(OCNC(=O)Nc2ncccn2)c(C)c1. The lowest BCUT2D eigenvalue weighted by atomic mass is 10.1. The monoisotopic (exact) mass is 272 g/mol. The summed E-state index contributed by atoms with van der Waals surface area (Å²) >= 11 is 0. The number of rotatable bonds is 4. The number of hydrogen-bond acceptors (Lipinski definition) is 4. The minimum Gasteiger partial charge on any atom is -0.473 e. The molecule has 0 aliphatic carbocycles. The smallest absolute Gasteiger partial charge is 0.324 e. The average Bonchev–Trinajstić information content (AvgIpc) is 2.42. The van der Waals surface area contributed by atoms with Crippen LogP contribution >= 0.6 is 0 Å². The number of ether oxygens (including phenoxy) is 1. The van der Waals surface area contributed by atoms with Crippen LogP contribution in [-0.2, 0) is 0 Å². The minimum atomic E-state index is -0.416. The van der Waals surface area contributed by atoms with Crippen LogP contribution in [0, 0.1) is 13.8 Å². The van der Waals surface area contributed by atoms with Gasteiger partial charge in [-0.1, -0.05) is 17.7 Å². The van der Waals surface area contributed by atoms with Gasteiger partial charge in [-0.25, -0.2) is 14.8 Å². The second kappa shape index (κ2) is 6.51. The number of nitrogens with zero attached hydrogens (tertiary/aromatic N) is 2. The molecule has 2 amide bonds. The van der Waals surface area contributed by atoms with Crippen molar-refractivity contribution in [3.63, 3.8) is 0 Å². The zero-order valence-corrected chi connectivity index (χ0v) is 11.4. The molecule has 0 unspecified atom stereocenters. The molecule has 0 aliphatic rings. The number of hydrogen-bond donors (Lipinski definition) is 2. The van der Waals surface area contributed by atoms with Crippen LogP contribution in [0.25, 0.3) is 0 Å². The molecule has 0 saturated heterocycles. The average molecular weight is 272 g/mol. The fraction of sp³-hybridized carbons (Fsp3) is 0.214. The van der Waals surface area contributed by atoms with Crippen LogP contribution in [0.5, 0.6) is 5.75 Å². The van der Waals surface area contributed by atoms with Crippen LogP contribution in [0.2, 0.25) is 0 Å². The maximum atomic E-state index is 11.6. The summed E-state index contributed by atoms with van der Waals surface area (Å²) < 4.78 is 5.49. The molecule has 1 aromatic carbocycles. The van der Waals surface area contributed by atoms with Gasteiger partial charge in [-0.15, -0.1) is 0 Å². The van der Waals surface area contributed by atoms with Crippen molar-refractivity contribution in [3.05, 3.63) is 47.8 Å². The van der Waals surface area contributed by atoms with Crippen LogP contribution in [0.15, 0.2) is 36.7 Å². The molecule has 0 aliphatic heterocycles. The number of benzene rings is 1. The van der Waals surface area contributed by atoms with Crippen LogP contribution in [0.4, 0.5) is 10.7 Å². The number of anilines is 1. The molecule has 2 aromatic rings. The Morgan fingerprint density at radius 3 is 2.70 bits per heavy atom. The first-order chi connectivity index (χ1) is 9.65. The van der Waals surface area contributed by atoms with Crippen molar-refractivity contribution in [2.75, 3.05) is 12.0 Å². The van der Waals surface area contributed by atoms with Crippen molar-refractivity contribution in [2.24, 2.45) is 0 Å². The maximum Gasteiger partial charge on any atom is 0.324 e. The Bertz CT molecular complexity index is 587. The van der Waals surface area contributed by atoms with Crippen molar-refractivity contribution < 1.29 is 9.53 Å². The number of carbonyl (C=O) groups excluding carboxylic acids is 1. The van der Waals surface area contributed by atoms with Gasteiger partial charge in [0.05, 0.1) is 0 Å². The third-order valence-electron chi connectivity index (χ3n) is 2.58. The molecular weight excluding hydrogens is 256 g/mol. The lowest BCUT2D eigenvalue weighted by molar-refractivity contribution is 0.234. The Hall–Kier alpha value is -2.63. The molecule has 2 rings (SSSR count). The van der Waals surface area contributed by atoms with Crippen molar-refractivity contribution in [1.82, 2.24) is 15.3 Å². The molecule has 6 heteroatoms. The highest BCUT2D eigenvalue weighted by atomic mass is 16.5. The summed E-state index contributed by atoms with van der Waals surface area (Å²) in [6.45, 7) is 4.05. The van der Waals surface area contributed by atoms with E-state index in [9.17, 15) is 4.79 Å². The summed E-state index contributed by atoms with van der Waals surface area (Å²) in [5, 5.41) is 5.07. The molecule has 0 atom stereocenters. The minimum absolute atomic E-state index is 0.0720. The highest BCUT2D eigenvalue weighted by Gasteiger charge is 2.04. The molecule has 2 N–H and O–H groups in total. The van der Waals surface area contributed by atoms with Gasteiger partial charge < -0.3 is 10.1 Å². The third-order valence-corrected chi connectivity index (χ3v) is 2.58. The first-order valence-corrected chi connectivity index (χ1v) is 6.17. The molecular formula is C14H16N4O2. The second-order valence-electron chi connectivity index (χ2n) is 4.26. The third kappa shape index (κ3) is 3.94. The highest BCUT2D eigenvalue weighted by Crippen LogP contribution is 2.18. The van der Waals surface area contributed by atoms with E-state index in [0.29, 0.717) is 0 Å². The Labute approximate surface area is 117 Å². The van der Waals surface area contributed by atoms with Crippen molar-refractivity contribution in [1.29, 1.82) is 0 Å². The van der Waals surface area contributed by atoms with E-state index in [0.717, 1.165) is 11.3 Å². The van der Waals surface area contributed by atoms with Gasteiger partial charge in [-0.05, 0) is 31.5 Å². The highest BCUT2D eigenvalue weighted by molar-refractivity contribution is 5.87. The lowest BCUT2D eigenvalue weighted by Crippen LogP contribution is -2.32. The fourth-order valence-corrected chi connectivity index (χ4v) is 1.65. The Morgan fingerprint density at radius 1 is 1.25 bits per heavy atom. The summed E-state index contributed by atoms with van der Waals surface area (Å²) in [5.41, 5.74) is 2.19. The van der Waals surface area contributed by atoms with Gasteiger partial charge in [0.2, 0.25) is 5.95 Å². The Kier molecular flexibility index (Phi) is 4.49. The van der Waals surface area contributed by atoms with Crippen LogP contribution in [0.1, 0.15) is 11.1 Å². The molecule has 0 saturated carbocycles. The van der Waals surface area contributed by atoms with Crippen LogP contribution in [0.3, 0.4) is 0 Å². The molecule has 0 bridgehead atoms. The van der Waals surface area contributed by atoms with Gasteiger partial charge in [-0.3, -0.25) is 5.32 Å². The van der Waals surface area contributed by atoms with Gasteiger partial charge in [0.1, 0.15) is 5.75 Å². The fourth-order valence-electron chi connectivity index (χ4n) is 1.65. The van der Waals surface area contributed by atoms with E-state index in [1.807, 2.05) is 32.0 Å². The van der Waals surface area contributed by atoms with E-state index < -0.39 is 6.03 Å². The standard InChI is InChI=1S/C14H16N4O2/c1-10-4-5-12(11(2)8-10)20-9-17-14(19)18-13-15-6-3-7-16-13/h3-8H,9H2,1-2H3,(H2,15,16,17,18,19). The van der Waals surface area contributed by atoms with E-state index in [1.165, 1.54) is 5.56 Å². The number of urea groups is 1. The predicted octanol–water partition coefficient (Wildman–Crippen LogP) is 2.25. The predicted molar refractivity (Wildman–Crippen MR) is 75.6 cm³/mol. The summed E-state index contributed by atoms with van der Waals surface area (Å²) in [4.78, 5) is 19.3. The summed E-state index contributed by atoms with van der Waals surface area (Å²) in [5.74, 6) is 0.989. The largest absolute Gasteiger partial charge is 0.473 e. The maximum absolute atomic E-state index is 11.6. The summed E-state index contributed by atoms with van der Waals surface area (Å²) in [7, 11) is 0. The molecule has 20 heavy (non-hydrogen) atoms. The van der Waals surface area contributed by atoms with Crippen molar-refractivity contribution in [3.8, 4) is 5.75 Å². The number of nitrogens with one attached hydrogen (secondary N) is 2. The molecule has 104 valence electrons. The van der Waals surface area contributed by atoms with E-state index in [2.05, 4.69) is 20.6 Å². The van der Waals surface area contributed by atoms with Crippen molar-refractivity contribution >= 4 is 12.0 Å². The molecule has 6 nitrogen and oxygen atoms in total. The second-order valence-corrected chi connectivity index (χ2v) is 4.26. The molecule has 1 heterocycles. The van der Waals surface area contributed by atoms with Gasteiger partial charge in [0.15, 0.2) is 6.73 Å². The molecule has 0 spiro atoms. The Balaban J connectivity index is 1.79. The van der Waals surface area contributed by atoms with Crippen LogP contribution in [-0.4, -0.2) is 22.7 Å². The summed E-state index contributed by atoms with van der Waals surface area (Å²) in [6.07, 6.45) is 3.10. The molecule has 0 radical (unpaired) electrons. The van der Waals surface area contributed by atoms with Gasteiger partial charge in [0.25, 0.3) is 0 Å². The topological polar surface area (TPSA) is 76.1 Å². The number of aromatic nitrogens is 2.